The molecule has 1 atom stereocenters. The van der Waals surface area contributed by atoms with Crippen molar-refractivity contribution in [3.63, 3.8) is 0 Å². The molecule has 45 heavy (non-hydrogen) atoms. The van der Waals surface area contributed by atoms with Crippen LogP contribution >= 0.6 is 0 Å². The molecule has 0 saturated heterocycles. The van der Waals surface area contributed by atoms with Gasteiger partial charge in [-0.2, -0.15) is 0 Å². The summed E-state index contributed by atoms with van der Waals surface area (Å²) in [6.07, 6.45) is 6.36. The molecule has 5 aromatic carbocycles. The molecule has 0 aliphatic heterocycles. The third-order valence-electron chi connectivity index (χ3n) is 8.75. The molecule has 5 aromatic rings. The largest absolute Gasteiger partial charge is 0.123 e. The molecule has 0 radical (unpaired) electrons. The molecule has 1 aliphatic rings. The molecule has 1 unspecified atom stereocenters. The predicted octanol–water partition coefficient (Wildman–Crippen LogP) is 12.0. The van der Waals surface area contributed by atoms with Crippen LogP contribution in [0.25, 0.3) is 22.8 Å². The topological polar surface area (TPSA) is 0 Å². The van der Waals surface area contributed by atoms with Crippen molar-refractivity contribution in [2.45, 2.75) is 52.4 Å². The standard InChI is InChI=1S/C44H41.Zr/c1-30(2)37-28-38(31(3)4)40-26-32(5)42(41(40)29-37)44(36-24-16-9-17-25-36)43(35-22-14-8-15-23-35)39(34-20-12-7-13-21-34)27-33-18-10-6-11-19-33;/h6-26,28-31,42H,1-5H3;/q-1;. The van der Waals surface area contributed by atoms with Crippen LogP contribution in [0.1, 0.15) is 96.9 Å². The number of hydrogen-bond donors (Lipinski definition) is 0. The van der Waals surface area contributed by atoms with Gasteiger partial charge in [-0.25, -0.2) is 0 Å². The Labute approximate surface area is 289 Å². The van der Waals surface area contributed by atoms with Crippen LogP contribution in [0.15, 0.2) is 139 Å². The van der Waals surface area contributed by atoms with Crippen LogP contribution in [0, 0.1) is 6.08 Å². The minimum absolute atomic E-state index is 0. The first-order chi connectivity index (χ1) is 21.4. The Hall–Kier alpha value is -3.80. The van der Waals surface area contributed by atoms with Crippen molar-refractivity contribution >= 4 is 22.8 Å². The summed E-state index contributed by atoms with van der Waals surface area (Å²) in [5.74, 6) is 0.993. The van der Waals surface area contributed by atoms with Crippen LogP contribution in [0.4, 0.5) is 0 Å². The van der Waals surface area contributed by atoms with Crippen LogP contribution in [0.2, 0.25) is 0 Å². The number of hydrogen-bond acceptors (Lipinski definition) is 0. The van der Waals surface area contributed by atoms with Gasteiger partial charge in [0.25, 0.3) is 0 Å². The van der Waals surface area contributed by atoms with Gasteiger partial charge in [-0.3, -0.25) is 0 Å². The van der Waals surface area contributed by atoms with Gasteiger partial charge in [-0.1, -0.05) is 183 Å². The van der Waals surface area contributed by atoms with Gasteiger partial charge in [0.2, 0.25) is 0 Å². The number of allylic oxidation sites excluding steroid dienone is 4. The van der Waals surface area contributed by atoms with Crippen LogP contribution in [0.5, 0.6) is 0 Å². The van der Waals surface area contributed by atoms with E-state index in [-0.39, 0.29) is 32.1 Å². The fourth-order valence-corrected chi connectivity index (χ4v) is 6.54. The van der Waals surface area contributed by atoms with Gasteiger partial charge in [0.1, 0.15) is 0 Å². The zero-order valence-corrected chi connectivity index (χ0v) is 29.5. The number of rotatable bonds is 8. The van der Waals surface area contributed by atoms with Crippen molar-refractivity contribution < 1.29 is 26.2 Å². The Morgan fingerprint density at radius 2 is 1.11 bits per heavy atom. The summed E-state index contributed by atoms with van der Waals surface area (Å²) >= 11 is 0. The van der Waals surface area contributed by atoms with E-state index in [0.717, 1.165) is 16.7 Å². The van der Waals surface area contributed by atoms with E-state index >= 15 is 0 Å². The van der Waals surface area contributed by atoms with Gasteiger partial charge < -0.3 is 0 Å². The average molecular weight is 661 g/mol. The van der Waals surface area contributed by atoms with E-state index < -0.39 is 0 Å². The maximum atomic E-state index is 3.90. The molecule has 0 saturated carbocycles. The molecule has 0 amide bonds. The number of benzene rings is 5. The van der Waals surface area contributed by atoms with Crippen LogP contribution in [-0.4, -0.2) is 0 Å². The van der Waals surface area contributed by atoms with E-state index in [2.05, 4.69) is 180 Å². The minimum Gasteiger partial charge on any atom is -0.123 e. The van der Waals surface area contributed by atoms with Gasteiger partial charge in [-0.15, -0.1) is 29.3 Å². The molecule has 0 spiro atoms. The van der Waals surface area contributed by atoms with E-state index in [0.29, 0.717) is 11.8 Å². The second-order valence-corrected chi connectivity index (χ2v) is 12.5. The normalized spacial score (nSPS) is 15.0. The summed E-state index contributed by atoms with van der Waals surface area (Å²) in [5.41, 5.74) is 15.3. The third-order valence-corrected chi connectivity index (χ3v) is 8.75. The summed E-state index contributed by atoms with van der Waals surface area (Å²) in [6, 6.07) is 48.2. The minimum atomic E-state index is 0. The number of fused-ring (bicyclic) bond motifs is 1. The van der Waals surface area contributed by atoms with Crippen LogP contribution < -0.4 is 0 Å². The zero-order valence-electron chi connectivity index (χ0n) is 27.0. The second kappa shape index (κ2) is 14.5. The first kappa shape index (κ1) is 32.6. The van der Waals surface area contributed by atoms with Crippen molar-refractivity contribution in [3.05, 3.63) is 190 Å². The molecule has 6 rings (SSSR count). The van der Waals surface area contributed by atoms with Crippen molar-refractivity contribution in [3.8, 4) is 0 Å². The summed E-state index contributed by atoms with van der Waals surface area (Å²) < 4.78 is 0. The van der Waals surface area contributed by atoms with Gasteiger partial charge in [-0.05, 0) is 46.6 Å². The smallest absolute Gasteiger partial charge is 0.0248 e. The average Bonchev–Trinajstić information content (AvgIpc) is 3.38. The molecule has 0 bridgehead atoms. The third kappa shape index (κ3) is 6.90. The van der Waals surface area contributed by atoms with Crippen molar-refractivity contribution in [1.29, 1.82) is 0 Å². The quantitative estimate of drug-likeness (QED) is 0.0883. The molecule has 0 heterocycles. The van der Waals surface area contributed by atoms with E-state index in [4.69, 9.17) is 0 Å². The van der Waals surface area contributed by atoms with Crippen molar-refractivity contribution in [1.82, 2.24) is 0 Å². The molecule has 0 aromatic heterocycles. The predicted molar refractivity (Wildman–Crippen MR) is 189 cm³/mol. The van der Waals surface area contributed by atoms with Gasteiger partial charge >= 0.3 is 0 Å². The molecule has 0 nitrogen and oxygen atoms in total. The van der Waals surface area contributed by atoms with E-state index in [1.807, 2.05) is 0 Å². The maximum Gasteiger partial charge on any atom is 0.0248 e. The Morgan fingerprint density at radius 3 is 1.64 bits per heavy atom. The fraction of sp³-hybridized carbons (Fsp3) is 0.182. The van der Waals surface area contributed by atoms with Crippen LogP contribution in [0.3, 0.4) is 0 Å². The van der Waals surface area contributed by atoms with E-state index in [1.165, 1.54) is 50.1 Å². The Morgan fingerprint density at radius 1 is 0.600 bits per heavy atom. The zero-order chi connectivity index (χ0) is 30.6. The first-order valence-corrected chi connectivity index (χ1v) is 15.9. The molecule has 1 aliphatic carbocycles. The molecular formula is C44H41Zr-. The van der Waals surface area contributed by atoms with E-state index in [1.54, 1.807) is 0 Å². The molecule has 222 valence electrons. The van der Waals surface area contributed by atoms with E-state index in [9.17, 15) is 0 Å². The van der Waals surface area contributed by atoms with Crippen molar-refractivity contribution in [2.75, 3.05) is 0 Å². The summed E-state index contributed by atoms with van der Waals surface area (Å²) in [6.45, 7) is 11.6. The van der Waals surface area contributed by atoms with Crippen LogP contribution in [-0.2, 0) is 26.2 Å². The van der Waals surface area contributed by atoms with Gasteiger partial charge in [0.05, 0.1) is 0 Å². The van der Waals surface area contributed by atoms with Gasteiger partial charge in [0, 0.05) is 32.1 Å². The Bertz CT molecular complexity index is 1820. The monoisotopic (exact) mass is 659 g/mol. The fourth-order valence-electron chi connectivity index (χ4n) is 6.54. The first-order valence-electron chi connectivity index (χ1n) is 15.9. The Kier molecular flexibility index (Phi) is 10.5. The molecule has 0 N–H and O–H groups in total. The summed E-state index contributed by atoms with van der Waals surface area (Å²) in [4.78, 5) is 0. The van der Waals surface area contributed by atoms with Crippen molar-refractivity contribution in [2.24, 2.45) is 0 Å². The maximum absolute atomic E-state index is 3.90. The summed E-state index contributed by atoms with van der Waals surface area (Å²) in [5, 5.41) is 0. The SMILES string of the molecule is CC1=Cc2c(C(C)C)cc(C(C)C)cc2C1C(=C(C(=[C-]c1ccccc1)c1ccccc1)c1ccccc1)c1ccccc1.[Zr]. The molecular weight excluding hydrogens is 620 g/mol. The Balaban J connectivity index is 0.00000400. The van der Waals surface area contributed by atoms with Gasteiger partial charge in [0.15, 0.2) is 0 Å². The second-order valence-electron chi connectivity index (χ2n) is 12.5. The molecule has 1 heteroatoms. The molecule has 0 fully saturated rings. The summed E-state index contributed by atoms with van der Waals surface area (Å²) in [7, 11) is 0.